The van der Waals surface area contributed by atoms with Crippen molar-refractivity contribution >= 4 is 6.09 Å². The van der Waals surface area contributed by atoms with Crippen LogP contribution in [0.2, 0.25) is 0 Å². The Kier molecular flexibility index (Phi) is 6.61. The van der Waals surface area contributed by atoms with Crippen molar-refractivity contribution in [3.8, 4) is 17.6 Å². The zero-order valence-corrected chi connectivity index (χ0v) is 13.2. The van der Waals surface area contributed by atoms with E-state index in [1.165, 1.54) is 0 Å². The lowest BCUT2D eigenvalue weighted by Gasteiger charge is -2.19. The molecule has 0 spiro atoms. The summed E-state index contributed by atoms with van der Waals surface area (Å²) in [6.45, 7) is 8.57. The number of nitrogens with one attached hydrogen (secondary N) is 1. The molecule has 0 aliphatic heterocycles. The fraction of sp³-hybridized carbons (Fsp3) is 0.471. The summed E-state index contributed by atoms with van der Waals surface area (Å²) in [4.78, 5) is 11.4. The van der Waals surface area contributed by atoms with Crippen LogP contribution in [0.25, 0.3) is 0 Å². The minimum atomic E-state index is -0.474. The van der Waals surface area contributed by atoms with E-state index in [0.717, 1.165) is 11.3 Å². The third kappa shape index (κ3) is 7.88. The van der Waals surface area contributed by atoms with Gasteiger partial charge >= 0.3 is 6.09 Å². The zero-order valence-electron chi connectivity index (χ0n) is 13.2. The average molecular weight is 289 g/mol. The van der Waals surface area contributed by atoms with E-state index in [0.29, 0.717) is 19.6 Å². The Bertz CT molecular complexity index is 504. The lowest BCUT2D eigenvalue weighted by atomic mass is 10.2. The first-order chi connectivity index (χ1) is 9.90. The van der Waals surface area contributed by atoms with Crippen LogP contribution in [-0.4, -0.2) is 24.8 Å². The topological polar surface area (TPSA) is 47.6 Å². The summed E-state index contributed by atoms with van der Waals surface area (Å²) in [5.41, 5.74) is 0.452. The summed E-state index contributed by atoms with van der Waals surface area (Å²) >= 11 is 0. The maximum Gasteiger partial charge on any atom is 0.407 e. The highest BCUT2D eigenvalue weighted by molar-refractivity contribution is 5.67. The molecule has 0 fully saturated rings. The second-order valence-corrected chi connectivity index (χ2v) is 5.44. The first-order valence-corrected chi connectivity index (χ1v) is 7.09. The van der Waals surface area contributed by atoms with Crippen molar-refractivity contribution in [1.82, 2.24) is 5.32 Å². The van der Waals surface area contributed by atoms with Gasteiger partial charge < -0.3 is 14.8 Å². The van der Waals surface area contributed by atoms with Crippen LogP contribution in [0.1, 0.15) is 39.7 Å². The second-order valence-electron chi connectivity index (χ2n) is 5.44. The van der Waals surface area contributed by atoms with Gasteiger partial charge in [0.15, 0.2) is 0 Å². The third-order valence-corrected chi connectivity index (χ3v) is 2.32. The van der Waals surface area contributed by atoms with E-state index in [-0.39, 0.29) is 0 Å². The molecule has 0 atom stereocenters. The summed E-state index contributed by atoms with van der Waals surface area (Å²) in [6.07, 6.45) is 0.164. The van der Waals surface area contributed by atoms with Gasteiger partial charge in [-0.1, -0.05) is 11.8 Å². The van der Waals surface area contributed by atoms with Gasteiger partial charge in [0.2, 0.25) is 0 Å². The molecule has 0 saturated heterocycles. The van der Waals surface area contributed by atoms with Gasteiger partial charge in [-0.05, 0) is 52.0 Å². The van der Waals surface area contributed by atoms with Crippen LogP contribution in [-0.2, 0) is 4.74 Å². The highest BCUT2D eigenvalue weighted by Crippen LogP contribution is 2.11. The van der Waals surface area contributed by atoms with Crippen LogP contribution in [0.15, 0.2) is 24.3 Å². The Hall–Kier alpha value is -2.15. The molecule has 4 heteroatoms. The van der Waals surface area contributed by atoms with E-state index >= 15 is 0 Å². The maximum atomic E-state index is 11.4. The number of rotatable bonds is 4. The maximum absolute atomic E-state index is 11.4. The molecule has 114 valence electrons. The van der Waals surface area contributed by atoms with Crippen LogP contribution in [0.5, 0.6) is 5.75 Å². The number of hydrogen-bond donors (Lipinski definition) is 1. The Morgan fingerprint density at radius 1 is 1.24 bits per heavy atom. The number of hydrogen-bond acceptors (Lipinski definition) is 3. The molecule has 0 unspecified atom stereocenters. The number of carbonyl (C=O) groups is 1. The van der Waals surface area contributed by atoms with E-state index in [9.17, 15) is 4.79 Å². The van der Waals surface area contributed by atoms with Crippen molar-refractivity contribution in [3.63, 3.8) is 0 Å². The fourth-order valence-electron chi connectivity index (χ4n) is 1.51. The van der Waals surface area contributed by atoms with E-state index in [1.807, 2.05) is 52.0 Å². The predicted molar refractivity (Wildman–Crippen MR) is 83.3 cm³/mol. The number of ether oxygens (including phenoxy) is 2. The molecule has 0 bridgehead atoms. The quantitative estimate of drug-likeness (QED) is 0.683. The van der Waals surface area contributed by atoms with Crippen LogP contribution in [0.4, 0.5) is 4.79 Å². The number of benzene rings is 1. The summed E-state index contributed by atoms with van der Waals surface area (Å²) < 4.78 is 10.5. The second kappa shape index (κ2) is 8.21. The molecule has 0 radical (unpaired) electrons. The van der Waals surface area contributed by atoms with Crippen LogP contribution >= 0.6 is 0 Å². The highest BCUT2D eigenvalue weighted by Gasteiger charge is 2.15. The minimum Gasteiger partial charge on any atom is -0.494 e. The Morgan fingerprint density at radius 3 is 2.48 bits per heavy atom. The SMILES string of the molecule is CCOc1ccc(C#CCCNC(=O)OC(C)(C)C)cc1. The Morgan fingerprint density at radius 2 is 1.90 bits per heavy atom. The molecule has 0 aromatic heterocycles. The molecular weight excluding hydrogens is 266 g/mol. The lowest BCUT2D eigenvalue weighted by molar-refractivity contribution is 0.0529. The molecule has 1 amide bonds. The van der Waals surface area contributed by atoms with Crippen molar-refractivity contribution in [2.45, 2.75) is 39.7 Å². The Labute approximate surface area is 126 Å². The molecule has 1 rings (SSSR count). The third-order valence-electron chi connectivity index (χ3n) is 2.32. The van der Waals surface area contributed by atoms with Gasteiger partial charge in [-0.2, -0.15) is 0 Å². The molecular formula is C17H23NO3. The first-order valence-electron chi connectivity index (χ1n) is 7.09. The summed E-state index contributed by atoms with van der Waals surface area (Å²) in [5.74, 6) is 6.89. The van der Waals surface area contributed by atoms with Gasteiger partial charge in [0.05, 0.1) is 6.61 Å². The molecule has 0 aliphatic carbocycles. The summed E-state index contributed by atoms with van der Waals surface area (Å²) in [7, 11) is 0. The normalized spacial score (nSPS) is 10.3. The summed E-state index contributed by atoms with van der Waals surface area (Å²) in [5, 5.41) is 2.67. The van der Waals surface area contributed by atoms with Crippen LogP contribution < -0.4 is 10.1 Å². The molecule has 21 heavy (non-hydrogen) atoms. The van der Waals surface area contributed by atoms with E-state index in [4.69, 9.17) is 9.47 Å². The standard InChI is InChI=1S/C17H23NO3/c1-5-20-15-11-9-14(10-12-15)8-6-7-13-18-16(19)21-17(2,3)4/h9-12H,5,7,13H2,1-4H3,(H,18,19). The summed E-state index contributed by atoms with van der Waals surface area (Å²) in [6, 6.07) is 7.62. The fourth-order valence-corrected chi connectivity index (χ4v) is 1.51. The molecule has 1 N–H and O–H groups in total. The van der Waals surface area contributed by atoms with Crippen LogP contribution in [0.3, 0.4) is 0 Å². The van der Waals surface area contributed by atoms with Crippen molar-refractivity contribution in [1.29, 1.82) is 0 Å². The molecule has 0 heterocycles. The van der Waals surface area contributed by atoms with E-state index < -0.39 is 11.7 Å². The number of amides is 1. The monoisotopic (exact) mass is 289 g/mol. The molecule has 1 aromatic rings. The average Bonchev–Trinajstić information content (AvgIpc) is 2.38. The van der Waals surface area contributed by atoms with Gasteiger partial charge in [-0.25, -0.2) is 4.79 Å². The molecule has 0 saturated carbocycles. The van der Waals surface area contributed by atoms with Gasteiger partial charge in [0.25, 0.3) is 0 Å². The number of carbonyl (C=O) groups excluding carboxylic acids is 1. The smallest absolute Gasteiger partial charge is 0.407 e. The van der Waals surface area contributed by atoms with Crippen molar-refractivity contribution in [2.24, 2.45) is 0 Å². The highest BCUT2D eigenvalue weighted by atomic mass is 16.6. The van der Waals surface area contributed by atoms with Gasteiger partial charge in [-0.15, -0.1) is 0 Å². The van der Waals surface area contributed by atoms with Crippen molar-refractivity contribution in [2.75, 3.05) is 13.2 Å². The number of alkyl carbamates (subject to hydrolysis) is 1. The predicted octanol–water partition coefficient (Wildman–Crippen LogP) is 3.35. The first kappa shape index (κ1) is 16.9. The van der Waals surface area contributed by atoms with Crippen LogP contribution in [0, 0.1) is 11.8 Å². The lowest BCUT2D eigenvalue weighted by Crippen LogP contribution is -2.32. The largest absolute Gasteiger partial charge is 0.494 e. The van der Waals surface area contributed by atoms with Gasteiger partial charge in [-0.3, -0.25) is 0 Å². The van der Waals surface area contributed by atoms with E-state index in [1.54, 1.807) is 0 Å². The minimum absolute atomic E-state index is 0.412. The molecule has 4 nitrogen and oxygen atoms in total. The molecule has 1 aromatic carbocycles. The van der Waals surface area contributed by atoms with E-state index in [2.05, 4.69) is 17.2 Å². The zero-order chi connectivity index (χ0) is 15.7. The van der Waals surface area contributed by atoms with Crippen molar-refractivity contribution < 1.29 is 14.3 Å². The molecule has 0 aliphatic rings. The Balaban J connectivity index is 2.31. The van der Waals surface area contributed by atoms with Crippen molar-refractivity contribution in [3.05, 3.63) is 29.8 Å². The van der Waals surface area contributed by atoms with Gasteiger partial charge in [0.1, 0.15) is 11.4 Å². The van der Waals surface area contributed by atoms with Gasteiger partial charge in [0, 0.05) is 18.5 Å².